The molecule has 2 N–H and O–H groups in total. The van der Waals surface area contributed by atoms with Crippen molar-refractivity contribution in [3.05, 3.63) is 65.5 Å². The number of fused-ring (bicyclic) bond motifs is 1. The Morgan fingerprint density at radius 2 is 1.73 bits per heavy atom. The number of carbonyl (C=O) groups is 2. The molecular formula is C24H30N4O2. The lowest BCUT2D eigenvalue weighted by Gasteiger charge is -2.19. The van der Waals surface area contributed by atoms with Gasteiger partial charge in [-0.2, -0.15) is 0 Å². The Bertz CT molecular complexity index is 1050. The summed E-state index contributed by atoms with van der Waals surface area (Å²) in [6.07, 6.45) is 0. The molecule has 0 aliphatic carbocycles. The molecule has 1 atom stereocenters. The maximum Gasteiger partial charge on any atom is 0.251 e. The molecule has 2 aromatic carbocycles. The Morgan fingerprint density at radius 3 is 2.40 bits per heavy atom. The van der Waals surface area contributed by atoms with E-state index in [0.29, 0.717) is 18.7 Å². The third kappa shape index (κ3) is 4.87. The zero-order valence-corrected chi connectivity index (χ0v) is 18.3. The number of carbonyl (C=O) groups excluding carboxylic acids is 2. The van der Waals surface area contributed by atoms with Gasteiger partial charge in [0, 0.05) is 18.7 Å². The smallest absolute Gasteiger partial charge is 0.251 e. The van der Waals surface area contributed by atoms with Crippen molar-refractivity contribution in [2.45, 2.75) is 52.6 Å². The van der Waals surface area contributed by atoms with Crippen LogP contribution in [0, 0.1) is 6.92 Å². The highest BCUT2D eigenvalue weighted by atomic mass is 16.2. The molecule has 30 heavy (non-hydrogen) atoms. The molecule has 6 heteroatoms. The highest BCUT2D eigenvalue weighted by molar-refractivity contribution is 5.97. The van der Waals surface area contributed by atoms with Crippen LogP contribution in [-0.2, 0) is 16.8 Å². The van der Waals surface area contributed by atoms with E-state index in [0.717, 1.165) is 22.4 Å². The number of benzene rings is 2. The van der Waals surface area contributed by atoms with Crippen LogP contribution in [0.15, 0.2) is 48.5 Å². The molecule has 158 valence electrons. The number of imidazole rings is 1. The first-order valence-electron chi connectivity index (χ1n) is 10.3. The van der Waals surface area contributed by atoms with E-state index in [1.807, 2.05) is 43.3 Å². The van der Waals surface area contributed by atoms with Crippen molar-refractivity contribution in [1.29, 1.82) is 0 Å². The third-order valence-electron chi connectivity index (χ3n) is 5.23. The van der Waals surface area contributed by atoms with Gasteiger partial charge in [0.05, 0.1) is 11.0 Å². The van der Waals surface area contributed by atoms with E-state index in [9.17, 15) is 9.59 Å². The SMILES string of the molecule is Cc1nc2ccccc2n1CCNC(=O)C(C)NC(=O)c1ccc(C(C)(C)C)cc1. The van der Waals surface area contributed by atoms with Crippen LogP contribution < -0.4 is 10.6 Å². The Balaban J connectivity index is 1.53. The standard InChI is InChI=1S/C24H30N4O2/c1-16(26-23(30)18-10-12-19(13-11-18)24(3,4)5)22(29)25-14-15-28-17(2)27-20-8-6-7-9-21(20)28/h6-13,16H,14-15H2,1-5H3,(H,25,29)(H,26,30). The van der Waals surface area contributed by atoms with Crippen LogP contribution in [0.25, 0.3) is 11.0 Å². The summed E-state index contributed by atoms with van der Waals surface area (Å²) in [6, 6.07) is 14.8. The number of amides is 2. The molecule has 0 aliphatic rings. The topological polar surface area (TPSA) is 76.0 Å². The van der Waals surface area contributed by atoms with E-state index >= 15 is 0 Å². The van der Waals surface area contributed by atoms with Crippen molar-refractivity contribution in [2.75, 3.05) is 6.54 Å². The van der Waals surface area contributed by atoms with Crippen LogP contribution in [0.3, 0.4) is 0 Å². The second kappa shape index (κ2) is 8.69. The first-order valence-corrected chi connectivity index (χ1v) is 10.3. The van der Waals surface area contributed by atoms with Crippen molar-refractivity contribution in [1.82, 2.24) is 20.2 Å². The number of aryl methyl sites for hydroxylation is 1. The lowest BCUT2D eigenvalue weighted by atomic mass is 9.86. The molecule has 0 fully saturated rings. The molecule has 3 rings (SSSR count). The van der Waals surface area contributed by atoms with E-state index in [4.69, 9.17) is 0 Å². The maximum atomic E-state index is 12.5. The highest BCUT2D eigenvalue weighted by Gasteiger charge is 2.18. The fraction of sp³-hybridized carbons (Fsp3) is 0.375. The van der Waals surface area contributed by atoms with Crippen molar-refractivity contribution < 1.29 is 9.59 Å². The molecule has 0 bridgehead atoms. The molecule has 0 saturated carbocycles. The summed E-state index contributed by atoms with van der Waals surface area (Å²) in [4.78, 5) is 29.4. The quantitative estimate of drug-likeness (QED) is 0.657. The normalized spacial score (nSPS) is 12.6. The summed E-state index contributed by atoms with van der Waals surface area (Å²) in [6.45, 7) is 11.1. The number of para-hydroxylation sites is 2. The summed E-state index contributed by atoms with van der Waals surface area (Å²) in [5.74, 6) is 0.441. The number of nitrogens with one attached hydrogen (secondary N) is 2. The maximum absolute atomic E-state index is 12.5. The molecule has 1 heterocycles. The van der Waals surface area contributed by atoms with Crippen LogP contribution in [0.2, 0.25) is 0 Å². The summed E-state index contributed by atoms with van der Waals surface area (Å²) in [5.41, 5.74) is 3.72. The molecule has 0 aliphatic heterocycles. The molecule has 0 spiro atoms. The first-order chi connectivity index (χ1) is 14.2. The Kier molecular flexibility index (Phi) is 6.25. The molecule has 0 saturated heterocycles. The summed E-state index contributed by atoms with van der Waals surface area (Å²) in [7, 11) is 0. The van der Waals surface area contributed by atoms with Gasteiger partial charge >= 0.3 is 0 Å². The van der Waals surface area contributed by atoms with E-state index in [1.165, 1.54) is 0 Å². The molecule has 6 nitrogen and oxygen atoms in total. The Labute approximate surface area is 177 Å². The average molecular weight is 407 g/mol. The molecule has 2 amide bonds. The predicted octanol–water partition coefficient (Wildman–Crippen LogP) is 3.58. The van der Waals surface area contributed by atoms with Crippen LogP contribution in [0.4, 0.5) is 0 Å². The predicted molar refractivity (Wildman–Crippen MR) is 120 cm³/mol. The third-order valence-corrected chi connectivity index (χ3v) is 5.23. The minimum absolute atomic E-state index is 0.0289. The first kappa shape index (κ1) is 21.6. The number of rotatable bonds is 6. The number of aromatic nitrogens is 2. The van der Waals surface area contributed by atoms with Gasteiger partial charge in [0.2, 0.25) is 5.91 Å². The van der Waals surface area contributed by atoms with Gasteiger partial charge in [0.1, 0.15) is 11.9 Å². The highest BCUT2D eigenvalue weighted by Crippen LogP contribution is 2.22. The van der Waals surface area contributed by atoms with E-state index < -0.39 is 6.04 Å². The van der Waals surface area contributed by atoms with Gasteiger partial charge in [-0.05, 0) is 49.1 Å². The number of hydrogen-bond donors (Lipinski definition) is 2. The number of hydrogen-bond acceptors (Lipinski definition) is 3. The zero-order chi connectivity index (χ0) is 21.9. The monoisotopic (exact) mass is 406 g/mol. The summed E-state index contributed by atoms with van der Waals surface area (Å²) < 4.78 is 2.08. The molecule has 1 unspecified atom stereocenters. The van der Waals surface area contributed by atoms with E-state index in [2.05, 4.69) is 41.0 Å². The molecular weight excluding hydrogens is 376 g/mol. The molecule has 1 aromatic heterocycles. The largest absolute Gasteiger partial charge is 0.353 e. The van der Waals surface area contributed by atoms with Gasteiger partial charge in [-0.15, -0.1) is 0 Å². The molecule has 3 aromatic rings. The minimum atomic E-state index is -0.625. The van der Waals surface area contributed by atoms with Gasteiger partial charge in [0.25, 0.3) is 5.91 Å². The van der Waals surface area contributed by atoms with Gasteiger partial charge in [0.15, 0.2) is 0 Å². The van der Waals surface area contributed by atoms with Crippen molar-refractivity contribution in [3.8, 4) is 0 Å². The lowest BCUT2D eigenvalue weighted by molar-refractivity contribution is -0.122. The Morgan fingerprint density at radius 1 is 1.07 bits per heavy atom. The summed E-state index contributed by atoms with van der Waals surface area (Å²) >= 11 is 0. The van der Waals surface area contributed by atoms with E-state index in [1.54, 1.807) is 19.1 Å². The van der Waals surface area contributed by atoms with Gasteiger partial charge < -0.3 is 15.2 Å². The van der Waals surface area contributed by atoms with E-state index in [-0.39, 0.29) is 17.2 Å². The van der Waals surface area contributed by atoms with Gasteiger partial charge in [-0.1, -0.05) is 45.0 Å². The Hall–Kier alpha value is -3.15. The fourth-order valence-electron chi connectivity index (χ4n) is 3.39. The number of nitrogens with zero attached hydrogens (tertiary/aromatic N) is 2. The van der Waals surface area contributed by atoms with Gasteiger partial charge in [-0.3, -0.25) is 9.59 Å². The van der Waals surface area contributed by atoms with Gasteiger partial charge in [-0.25, -0.2) is 4.98 Å². The van der Waals surface area contributed by atoms with Crippen molar-refractivity contribution in [3.63, 3.8) is 0 Å². The summed E-state index contributed by atoms with van der Waals surface area (Å²) in [5, 5.41) is 5.66. The van der Waals surface area contributed by atoms with Crippen molar-refractivity contribution in [2.24, 2.45) is 0 Å². The second-order valence-electron chi connectivity index (χ2n) is 8.61. The average Bonchev–Trinajstić information content (AvgIpc) is 3.02. The van der Waals surface area contributed by atoms with Crippen LogP contribution >= 0.6 is 0 Å². The second-order valence-corrected chi connectivity index (χ2v) is 8.61. The van der Waals surface area contributed by atoms with Crippen LogP contribution in [-0.4, -0.2) is 34.0 Å². The van der Waals surface area contributed by atoms with Crippen LogP contribution in [0.5, 0.6) is 0 Å². The minimum Gasteiger partial charge on any atom is -0.353 e. The lowest BCUT2D eigenvalue weighted by Crippen LogP contribution is -2.45. The van der Waals surface area contributed by atoms with Crippen molar-refractivity contribution >= 4 is 22.8 Å². The molecule has 0 radical (unpaired) electrons. The zero-order valence-electron chi connectivity index (χ0n) is 18.3. The fourth-order valence-corrected chi connectivity index (χ4v) is 3.39. The van der Waals surface area contributed by atoms with Crippen LogP contribution in [0.1, 0.15) is 49.4 Å².